The standard InChI is InChI=1S/C28H34ClF2N5O2/c1-17-26(18(2)33-16-32-17)27(38)36-14-21-12-35(13-22(21)15-36)7-6-24(20-4-3-5-23(29)9-20)34-25(37)8-19-10-28(30,31)11-19/h3-5,9,16,19,21-22,24H,6-8,10-15H2,1-2H3,(H,34,37)/t21?,22?,24-/m0/s1. The molecule has 3 heterocycles. The Labute approximate surface area is 227 Å². The molecular formula is C28H34ClF2N5O2. The van der Waals surface area contributed by atoms with Gasteiger partial charge in [-0.05, 0) is 55.7 Å². The summed E-state index contributed by atoms with van der Waals surface area (Å²) >= 11 is 6.22. The van der Waals surface area contributed by atoms with Crippen LogP contribution in [0.15, 0.2) is 30.6 Å². The number of nitrogens with one attached hydrogen (secondary N) is 1. The number of alkyl halides is 2. The van der Waals surface area contributed by atoms with Crippen LogP contribution in [0.1, 0.15) is 59.0 Å². The van der Waals surface area contributed by atoms with E-state index in [9.17, 15) is 18.4 Å². The summed E-state index contributed by atoms with van der Waals surface area (Å²) in [6.07, 6.45) is 1.87. The zero-order chi connectivity index (χ0) is 27.0. The van der Waals surface area contributed by atoms with Crippen molar-refractivity contribution in [3.63, 3.8) is 0 Å². The van der Waals surface area contributed by atoms with Gasteiger partial charge in [-0.1, -0.05) is 23.7 Å². The van der Waals surface area contributed by atoms with Crippen molar-refractivity contribution in [1.29, 1.82) is 0 Å². The van der Waals surface area contributed by atoms with Gasteiger partial charge in [-0.25, -0.2) is 18.7 Å². The van der Waals surface area contributed by atoms with Crippen LogP contribution in [0, 0.1) is 31.6 Å². The van der Waals surface area contributed by atoms with Gasteiger partial charge in [0.2, 0.25) is 11.8 Å². The number of amides is 2. The molecular weight excluding hydrogens is 512 g/mol. The van der Waals surface area contributed by atoms with Gasteiger partial charge >= 0.3 is 0 Å². The minimum absolute atomic E-state index is 0.00880. The Morgan fingerprint density at radius 3 is 2.37 bits per heavy atom. The van der Waals surface area contributed by atoms with Crippen LogP contribution in [-0.4, -0.2) is 70.2 Å². The summed E-state index contributed by atoms with van der Waals surface area (Å²) in [5.74, 6) is -2.26. The molecule has 3 fully saturated rings. The van der Waals surface area contributed by atoms with Gasteiger partial charge in [0, 0.05) is 57.0 Å². The summed E-state index contributed by atoms with van der Waals surface area (Å²) in [4.78, 5) is 38.6. The van der Waals surface area contributed by atoms with Crippen LogP contribution in [0.2, 0.25) is 5.02 Å². The summed E-state index contributed by atoms with van der Waals surface area (Å²) in [7, 11) is 0. The van der Waals surface area contributed by atoms with Crippen molar-refractivity contribution < 1.29 is 18.4 Å². The fourth-order valence-corrected chi connectivity index (χ4v) is 6.50. The molecule has 2 amide bonds. The Bertz CT molecular complexity index is 1170. The molecule has 38 heavy (non-hydrogen) atoms. The third kappa shape index (κ3) is 5.99. The van der Waals surface area contributed by atoms with Crippen LogP contribution in [-0.2, 0) is 4.79 Å². The maximum Gasteiger partial charge on any atom is 0.257 e. The van der Waals surface area contributed by atoms with Crippen LogP contribution in [0.5, 0.6) is 0 Å². The molecule has 0 spiro atoms. The molecule has 2 aliphatic heterocycles. The van der Waals surface area contributed by atoms with Gasteiger partial charge in [-0.15, -0.1) is 0 Å². The van der Waals surface area contributed by atoms with E-state index in [1.54, 1.807) is 6.07 Å². The zero-order valence-electron chi connectivity index (χ0n) is 21.8. The Morgan fingerprint density at radius 2 is 1.76 bits per heavy atom. The lowest BCUT2D eigenvalue weighted by Gasteiger charge is -2.34. The van der Waals surface area contributed by atoms with Gasteiger partial charge in [-0.3, -0.25) is 9.59 Å². The number of halogens is 3. The summed E-state index contributed by atoms with van der Waals surface area (Å²) < 4.78 is 26.4. The van der Waals surface area contributed by atoms with E-state index in [2.05, 4.69) is 20.2 Å². The summed E-state index contributed by atoms with van der Waals surface area (Å²) in [6, 6.07) is 7.19. The second-order valence-corrected chi connectivity index (χ2v) is 11.6. The molecule has 3 aliphatic rings. The molecule has 2 aromatic rings. The van der Waals surface area contributed by atoms with Gasteiger partial charge in [-0.2, -0.15) is 0 Å². The van der Waals surface area contributed by atoms with Gasteiger partial charge in [0.05, 0.1) is 23.0 Å². The molecule has 2 unspecified atom stereocenters. The maximum absolute atomic E-state index is 13.2. The van der Waals surface area contributed by atoms with E-state index < -0.39 is 5.92 Å². The summed E-state index contributed by atoms with van der Waals surface area (Å²) in [5.41, 5.74) is 2.94. The van der Waals surface area contributed by atoms with E-state index in [0.29, 0.717) is 53.3 Å². The van der Waals surface area contributed by atoms with Crippen LogP contribution in [0.25, 0.3) is 0 Å². The molecule has 1 aromatic heterocycles. The van der Waals surface area contributed by atoms with Crippen molar-refractivity contribution in [2.24, 2.45) is 17.8 Å². The molecule has 7 nitrogen and oxygen atoms in total. The Hall–Kier alpha value is -2.65. The predicted molar refractivity (Wildman–Crippen MR) is 140 cm³/mol. The molecule has 1 aliphatic carbocycles. The molecule has 204 valence electrons. The number of likely N-dealkylation sites (tertiary alicyclic amines) is 2. The lowest BCUT2D eigenvalue weighted by atomic mass is 9.79. The van der Waals surface area contributed by atoms with Gasteiger partial charge < -0.3 is 15.1 Å². The first-order valence-electron chi connectivity index (χ1n) is 13.3. The van der Waals surface area contributed by atoms with Crippen molar-refractivity contribution in [3.8, 4) is 0 Å². The quantitative estimate of drug-likeness (QED) is 0.531. The molecule has 5 rings (SSSR count). The summed E-state index contributed by atoms with van der Waals surface area (Å²) in [5, 5.41) is 3.67. The van der Waals surface area contributed by atoms with E-state index in [0.717, 1.165) is 25.2 Å². The number of nitrogens with zero attached hydrogens (tertiary/aromatic N) is 4. The maximum atomic E-state index is 13.2. The number of benzene rings is 1. The minimum Gasteiger partial charge on any atom is -0.349 e. The molecule has 1 aromatic carbocycles. The third-order valence-electron chi connectivity index (χ3n) is 8.26. The fourth-order valence-electron chi connectivity index (χ4n) is 6.30. The number of carbonyl (C=O) groups is 2. The van der Waals surface area contributed by atoms with Gasteiger partial charge in [0.1, 0.15) is 6.33 Å². The van der Waals surface area contributed by atoms with Crippen molar-refractivity contribution in [3.05, 3.63) is 58.1 Å². The van der Waals surface area contributed by atoms with E-state index in [1.165, 1.54) is 6.33 Å². The van der Waals surface area contributed by atoms with E-state index >= 15 is 0 Å². The van der Waals surface area contributed by atoms with Crippen LogP contribution in [0.4, 0.5) is 8.78 Å². The van der Waals surface area contributed by atoms with Gasteiger partial charge in [0.15, 0.2) is 0 Å². The van der Waals surface area contributed by atoms with Crippen LogP contribution >= 0.6 is 11.6 Å². The number of hydrogen-bond donors (Lipinski definition) is 1. The van der Waals surface area contributed by atoms with Crippen LogP contribution < -0.4 is 5.32 Å². The fraction of sp³-hybridized carbons (Fsp3) is 0.571. The highest BCUT2D eigenvalue weighted by Gasteiger charge is 2.46. The monoisotopic (exact) mass is 545 g/mol. The molecule has 0 bridgehead atoms. The molecule has 2 saturated heterocycles. The first-order chi connectivity index (χ1) is 18.1. The van der Waals surface area contributed by atoms with Crippen molar-refractivity contribution in [2.75, 3.05) is 32.7 Å². The number of hydrogen-bond acceptors (Lipinski definition) is 5. The highest BCUT2D eigenvalue weighted by atomic mass is 35.5. The van der Waals surface area contributed by atoms with E-state index in [4.69, 9.17) is 11.6 Å². The first kappa shape index (κ1) is 26.9. The van der Waals surface area contributed by atoms with Crippen molar-refractivity contribution >= 4 is 23.4 Å². The average Bonchev–Trinajstić information content (AvgIpc) is 3.39. The second-order valence-electron chi connectivity index (χ2n) is 11.2. The number of aryl methyl sites for hydroxylation is 2. The number of aromatic nitrogens is 2. The molecule has 1 saturated carbocycles. The Balaban J connectivity index is 1.16. The highest BCUT2D eigenvalue weighted by Crippen LogP contribution is 2.44. The van der Waals surface area contributed by atoms with Crippen molar-refractivity contribution in [2.45, 2.75) is 51.5 Å². The van der Waals surface area contributed by atoms with Gasteiger partial charge in [0.25, 0.3) is 5.91 Å². The topological polar surface area (TPSA) is 78.4 Å². The SMILES string of the molecule is Cc1ncnc(C)c1C(=O)N1CC2CN(CC[C@H](NC(=O)CC3CC(F)(F)C3)c3cccc(Cl)c3)CC2C1. The smallest absolute Gasteiger partial charge is 0.257 e. The minimum atomic E-state index is -2.63. The lowest BCUT2D eigenvalue weighted by Crippen LogP contribution is -2.40. The summed E-state index contributed by atoms with van der Waals surface area (Å²) in [6.45, 7) is 7.69. The van der Waals surface area contributed by atoms with E-state index in [-0.39, 0.29) is 43.0 Å². The lowest BCUT2D eigenvalue weighted by molar-refractivity contribution is -0.134. The highest BCUT2D eigenvalue weighted by molar-refractivity contribution is 6.30. The van der Waals surface area contributed by atoms with Crippen LogP contribution in [0.3, 0.4) is 0 Å². The predicted octanol–water partition coefficient (Wildman–Crippen LogP) is 4.43. The normalized spacial score (nSPS) is 23.7. The zero-order valence-corrected chi connectivity index (χ0v) is 22.6. The number of carbonyl (C=O) groups excluding carboxylic acids is 2. The molecule has 10 heteroatoms. The largest absolute Gasteiger partial charge is 0.349 e. The Morgan fingerprint density at radius 1 is 1.11 bits per heavy atom. The third-order valence-corrected chi connectivity index (χ3v) is 8.49. The second kappa shape index (κ2) is 10.8. The molecule has 3 atom stereocenters. The first-order valence-corrected chi connectivity index (χ1v) is 13.7. The average molecular weight is 546 g/mol. The molecule has 0 radical (unpaired) electrons. The Kier molecular flexibility index (Phi) is 7.69. The molecule has 1 N–H and O–H groups in total. The number of fused-ring (bicyclic) bond motifs is 1. The number of rotatable bonds is 8. The van der Waals surface area contributed by atoms with E-state index in [1.807, 2.05) is 36.9 Å². The van der Waals surface area contributed by atoms with Crippen molar-refractivity contribution in [1.82, 2.24) is 25.1 Å².